The molecule has 0 spiro atoms. The summed E-state index contributed by atoms with van der Waals surface area (Å²) in [6, 6.07) is 8.18. The molecule has 0 radical (unpaired) electrons. The monoisotopic (exact) mass is 494 g/mol. The highest BCUT2D eigenvalue weighted by Crippen LogP contribution is 2.66. The van der Waals surface area contributed by atoms with Crippen molar-refractivity contribution in [3.05, 3.63) is 30.1 Å². The van der Waals surface area contributed by atoms with Gasteiger partial charge in [-0.25, -0.2) is 9.37 Å². The quantitative estimate of drug-likeness (QED) is 0.677. The van der Waals surface area contributed by atoms with E-state index in [4.69, 9.17) is 4.98 Å². The maximum atomic E-state index is 14.8. The normalized spacial score (nSPS) is 40.0. The van der Waals surface area contributed by atoms with Crippen molar-refractivity contribution in [2.24, 2.45) is 41.5 Å². The third-order valence-electron chi connectivity index (χ3n) is 11.1. The molecule has 7 heteroatoms. The SMILES string of the molecule is CN1C(=O)C(F)C[C@@]2(C)C1CC[C@@H]1[C@H]2CC[C@]2(C)C(C(=O)NCc3nc4ccccc4n3C)CC[C@@H]12. The zero-order valence-corrected chi connectivity index (χ0v) is 22.0. The van der Waals surface area contributed by atoms with E-state index in [0.717, 1.165) is 55.4 Å². The van der Waals surface area contributed by atoms with Gasteiger partial charge in [-0.15, -0.1) is 0 Å². The summed E-state index contributed by atoms with van der Waals surface area (Å²) in [6.07, 6.45) is 5.01. The molecule has 2 amide bonds. The minimum Gasteiger partial charge on any atom is -0.349 e. The van der Waals surface area contributed by atoms with E-state index in [-0.39, 0.29) is 34.6 Å². The molecule has 4 aliphatic rings. The Morgan fingerprint density at radius 3 is 2.61 bits per heavy atom. The number of hydrogen-bond acceptors (Lipinski definition) is 3. The maximum absolute atomic E-state index is 14.8. The number of nitrogens with zero attached hydrogens (tertiary/aromatic N) is 3. The molecule has 6 rings (SSSR count). The van der Waals surface area contributed by atoms with Gasteiger partial charge in [-0.3, -0.25) is 9.59 Å². The van der Waals surface area contributed by atoms with Gasteiger partial charge >= 0.3 is 0 Å². The van der Waals surface area contributed by atoms with Crippen LogP contribution in [-0.4, -0.2) is 45.5 Å². The summed E-state index contributed by atoms with van der Waals surface area (Å²) in [7, 11) is 3.80. The molecule has 2 heterocycles. The van der Waals surface area contributed by atoms with E-state index in [0.29, 0.717) is 30.7 Å². The maximum Gasteiger partial charge on any atom is 0.257 e. The Balaban J connectivity index is 1.18. The first-order chi connectivity index (χ1) is 17.1. The number of alkyl halides is 1. The zero-order valence-electron chi connectivity index (χ0n) is 22.0. The Kier molecular flexibility index (Phi) is 5.51. The second-order valence-corrected chi connectivity index (χ2v) is 12.6. The van der Waals surface area contributed by atoms with Gasteiger partial charge in [0.15, 0.2) is 6.17 Å². The van der Waals surface area contributed by atoms with Gasteiger partial charge in [-0.1, -0.05) is 26.0 Å². The smallest absolute Gasteiger partial charge is 0.257 e. The number of aromatic nitrogens is 2. The number of para-hydroxylation sites is 2. The fraction of sp³-hybridized carbons (Fsp3) is 0.690. The predicted molar refractivity (Wildman–Crippen MR) is 137 cm³/mol. The molecular formula is C29H39FN4O2. The Morgan fingerprint density at radius 1 is 1.08 bits per heavy atom. The molecule has 6 nitrogen and oxygen atoms in total. The summed E-state index contributed by atoms with van der Waals surface area (Å²) in [5, 5.41) is 3.23. The molecule has 8 atom stereocenters. The lowest BCUT2D eigenvalue weighted by molar-refractivity contribution is -0.169. The third-order valence-corrected chi connectivity index (χ3v) is 11.1. The van der Waals surface area contributed by atoms with Gasteiger partial charge in [0.05, 0.1) is 17.6 Å². The molecule has 0 bridgehead atoms. The summed E-state index contributed by atoms with van der Waals surface area (Å²) in [6.45, 7) is 5.01. The average Bonchev–Trinajstić information content (AvgIpc) is 3.38. The third kappa shape index (κ3) is 3.30. The van der Waals surface area contributed by atoms with Crippen LogP contribution < -0.4 is 5.32 Å². The van der Waals surface area contributed by atoms with E-state index in [1.54, 1.807) is 11.9 Å². The van der Waals surface area contributed by atoms with Crippen LogP contribution in [0.25, 0.3) is 11.0 Å². The number of hydrogen-bond donors (Lipinski definition) is 1. The number of nitrogens with one attached hydrogen (secondary N) is 1. The lowest BCUT2D eigenvalue weighted by Gasteiger charge is -2.62. The van der Waals surface area contributed by atoms with Gasteiger partial charge in [-0.05, 0) is 85.7 Å². The van der Waals surface area contributed by atoms with Gasteiger partial charge in [0.2, 0.25) is 5.91 Å². The first-order valence-electron chi connectivity index (χ1n) is 13.7. The first kappa shape index (κ1) is 23.9. The molecular weight excluding hydrogens is 455 g/mol. The van der Waals surface area contributed by atoms with Crippen molar-refractivity contribution in [2.75, 3.05) is 7.05 Å². The van der Waals surface area contributed by atoms with Crippen molar-refractivity contribution in [1.29, 1.82) is 0 Å². The van der Waals surface area contributed by atoms with Crippen LogP contribution in [0.1, 0.15) is 64.6 Å². The average molecular weight is 495 g/mol. The number of imidazole rings is 1. The van der Waals surface area contributed by atoms with Crippen LogP contribution in [0, 0.1) is 34.5 Å². The number of likely N-dealkylation sites (tertiary alicyclic amines) is 1. The van der Waals surface area contributed by atoms with Crippen molar-refractivity contribution >= 4 is 22.8 Å². The molecule has 1 N–H and O–H groups in total. The fourth-order valence-corrected chi connectivity index (χ4v) is 9.28. The second-order valence-electron chi connectivity index (χ2n) is 12.6. The van der Waals surface area contributed by atoms with Crippen LogP contribution >= 0.6 is 0 Å². The lowest BCUT2D eigenvalue weighted by atomic mass is 9.46. The first-order valence-corrected chi connectivity index (χ1v) is 13.7. The van der Waals surface area contributed by atoms with E-state index in [1.165, 1.54) is 0 Å². The van der Waals surface area contributed by atoms with Crippen LogP contribution in [0.4, 0.5) is 4.39 Å². The molecule has 4 fully saturated rings. The van der Waals surface area contributed by atoms with Crippen LogP contribution in [0.3, 0.4) is 0 Å². The molecule has 194 valence electrons. The molecule has 2 aromatic rings. The number of rotatable bonds is 3. The predicted octanol–water partition coefficient (Wildman–Crippen LogP) is 4.62. The molecule has 1 aromatic heterocycles. The van der Waals surface area contributed by atoms with Crippen molar-refractivity contribution in [3.63, 3.8) is 0 Å². The molecule has 3 saturated carbocycles. The molecule has 3 aliphatic carbocycles. The van der Waals surface area contributed by atoms with E-state index < -0.39 is 6.17 Å². The largest absolute Gasteiger partial charge is 0.349 e. The fourth-order valence-electron chi connectivity index (χ4n) is 9.28. The molecule has 1 aliphatic heterocycles. The van der Waals surface area contributed by atoms with Gasteiger partial charge < -0.3 is 14.8 Å². The zero-order chi connectivity index (χ0) is 25.4. The Labute approximate surface area is 213 Å². The van der Waals surface area contributed by atoms with Crippen molar-refractivity contribution in [2.45, 2.75) is 77.6 Å². The van der Waals surface area contributed by atoms with Crippen molar-refractivity contribution < 1.29 is 14.0 Å². The van der Waals surface area contributed by atoms with Crippen molar-refractivity contribution in [1.82, 2.24) is 19.8 Å². The van der Waals surface area contributed by atoms with Crippen LogP contribution in [-0.2, 0) is 23.2 Å². The summed E-state index contributed by atoms with van der Waals surface area (Å²) in [4.78, 5) is 32.3. The van der Waals surface area contributed by atoms with E-state index >= 15 is 0 Å². The number of piperidine rings is 1. The van der Waals surface area contributed by atoms with Gasteiger partial charge in [0.1, 0.15) is 5.82 Å². The summed E-state index contributed by atoms with van der Waals surface area (Å²) >= 11 is 0. The minimum absolute atomic E-state index is 0.00759. The van der Waals surface area contributed by atoms with Crippen molar-refractivity contribution in [3.8, 4) is 0 Å². The Bertz CT molecular complexity index is 1210. The molecule has 36 heavy (non-hydrogen) atoms. The second kappa shape index (κ2) is 8.29. The number of benzene rings is 1. The lowest BCUT2D eigenvalue weighted by Crippen LogP contribution is -2.64. The highest BCUT2D eigenvalue weighted by Gasteiger charge is 2.63. The number of fused-ring (bicyclic) bond motifs is 6. The van der Waals surface area contributed by atoms with Crippen LogP contribution in [0.5, 0.6) is 0 Å². The van der Waals surface area contributed by atoms with Gasteiger partial charge in [0.25, 0.3) is 5.91 Å². The van der Waals surface area contributed by atoms with E-state index in [2.05, 4.69) is 29.8 Å². The topological polar surface area (TPSA) is 67.2 Å². The summed E-state index contributed by atoms with van der Waals surface area (Å²) in [5.41, 5.74) is 1.83. The summed E-state index contributed by atoms with van der Waals surface area (Å²) < 4.78 is 16.8. The van der Waals surface area contributed by atoms with Gasteiger partial charge in [-0.2, -0.15) is 0 Å². The number of amides is 2. The highest BCUT2D eigenvalue weighted by atomic mass is 19.1. The Morgan fingerprint density at radius 2 is 1.83 bits per heavy atom. The number of carbonyl (C=O) groups excluding carboxylic acids is 2. The minimum atomic E-state index is -1.38. The standard InChI is InChI=1S/C29H39FN4O2/c1-28-14-13-19-17(9-12-24-29(19,2)15-21(30)27(36)34(24)4)18(28)10-11-20(28)26(35)31-16-25-32-22-7-5-6-8-23(22)33(25)3/h5-8,17-21,24H,9-16H2,1-4H3,(H,31,35)/t17-,18-,19+,20?,21?,24?,28-,29+/m0/s1. The number of halogens is 1. The Hall–Kier alpha value is -2.44. The van der Waals surface area contributed by atoms with Crippen LogP contribution in [0.15, 0.2) is 24.3 Å². The molecule has 3 unspecified atom stereocenters. The summed E-state index contributed by atoms with van der Waals surface area (Å²) in [5.74, 6) is 2.11. The van der Waals surface area contributed by atoms with Gasteiger partial charge in [0, 0.05) is 26.1 Å². The van der Waals surface area contributed by atoms with E-state index in [1.807, 2.05) is 25.2 Å². The molecule has 1 saturated heterocycles. The number of carbonyl (C=O) groups is 2. The highest BCUT2D eigenvalue weighted by molar-refractivity contribution is 5.82. The number of aryl methyl sites for hydroxylation is 1. The van der Waals surface area contributed by atoms with Crippen LogP contribution in [0.2, 0.25) is 0 Å². The van der Waals surface area contributed by atoms with E-state index in [9.17, 15) is 14.0 Å². The molecule has 1 aromatic carbocycles.